The Labute approximate surface area is 194 Å². The van der Waals surface area contributed by atoms with Crippen molar-refractivity contribution < 1.29 is 31.6 Å². The molecule has 0 aliphatic rings. The molecule has 6 nitrogen and oxygen atoms in total. The molecule has 2 aromatic carbocycles. The molecule has 0 saturated heterocycles. The van der Waals surface area contributed by atoms with Gasteiger partial charge in [-0.05, 0) is 42.5 Å². The Hall–Kier alpha value is -3.84. The summed E-state index contributed by atoms with van der Waals surface area (Å²) in [6, 6.07) is 10.4. The highest BCUT2D eigenvalue weighted by Gasteiger charge is 2.29. The third-order valence-corrected chi connectivity index (χ3v) is 6.24. The topological polar surface area (TPSA) is 77.9 Å². The highest BCUT2D eigenvalue weighted by atomic mass is 32.2. The zero-order valence-corrected chi connectivity index (χ0v) is 19.2. The van der Waals surface area contributed by atoms with E-state index in [1.807, 2.05) is 0 Å². The second kappa shape index (κ2) is 9.97. The van der Waals surface area contributed by atoms with E-state index in [0.717, 1.165) is 12.1 Å². The van der Waals surface area contributed by atoms with Gasteiger partial charge in [0.1, 0.15) is 0 Å². The third-order valence-electron chi connectivity index (χ3n) is 4.60. The van der Waals surface area contributed by atoms with Crippen LogP contribution in [0, 0.1) is 11.8 Å². The van der Waals surface area contributed by atoms with E-state index < -0.39 is 27.4 Å². The Morgan fingerprint density at radius 3 is 2.21 bits per heavy atom. The number of hydrogen-bond donors (Lipinski definition) is 0. The van der Waals surface area contributed by atoms with Crippen LogP contribution in [0.2, 0.25) is 0 Å². The number of rotatable bonds is 4. The van der Waals surface area contributed by atoms with Gasteiger partial charge in [-0.15, -0.1) is 0 Å². The van der Waals surface area contributed by atoms with E-state index in [-0.39, 0.29) is 10.5 Å². The van der Waals surface area contributed by atoms with E-state index in [1.165, 1.54) is 63.2 Å². The van der Waals surface area contributed by atoms with E-state index in [9.17, 15) is 22.2 Å². The number of benzene rings is 2. The van der Waals surface area contributed by atoms with E-state index in [4.69, 9.17) is 9.47 Å². The van der Waals surface area contributed by atoms with Crippen molar-refractivity contribution >= 4 is 15.6 Å². The van der Waals surface area contributed by atoms with Gasteiger partial charge in [0.2, 0.25) is 0 Å². The summed E-state index contributed by atoms with van der Waals surface area (Å²) >= 11 is 0. The van der Waals surface area contributed by atoms with Crippen LogP contribution in [0.15, 0.2) is 70.2 Å². The maximum atomic E-state index is 13.1. The molecule has 0 bridgehead atoms. The van der Waals surface area contributed by atoms with Gasteiger partial charge < -0.3 is 9.47 Å². The molecule has 0 N–H and O–H groups in total. The quantitative estimate of drug-likeness (QED) is 0.493. The Morgan fingerprint density at radius 1 is 0.941 bits per heavy atom. The van der Waals surface area contributed by atoms with E-state index >= 15 is 0 Å². The predicted molar refractivity (Wildman–Crippen MR) is 120 cm³/mol. The fourth-order valence-corrected chi connectivity index (χ4v) is 4.00. The van der Waals surface area contributed by atoms with Crippen molar-refractivity contribution in [3.63, 3.8) is 0 Å². The molecule has 3 rings (SSSR count). The molecule has 34 heavy (non-hydrogen) atoms. The fourth-order valence-electron chi connectivity index (χ4n) is 2.83. The minimum Gasteiger partial charge on any atom is -0.493 e. The number of ether oxygens (including phenoxy) is 2. The number of nitrogens with zero attached hydrogens (tertiary/aromatic N) is 2. The third kappa shape index (κ3) is 5.94. The van der Waals surface area contributed by atoms with Gasteiger partial charge in [0.25, 0.3) is 5.91 Å². The fraction of sp³-hybridized carbons (Fsp3) is 0.167. The first kappa shape index (κ1) is 24.8. The van der Waals surface area contributed by atoms with Crippen LogP contribution < -0.4 is 9.47 Å². The molecule has 0 spiro atoms. The Balaban J connectivity index is 1.86. The first-order chi connectivity index (χ1) is 16.0. The van der Waals surface area contributed by atoms with Gasteiger partial charge in [-0.1, -0.05) is 11.8 Å². The van der Waals surface area contributed by atoms with Crippen LogP contribution in [0.1, 0.15) is 27.0 Å². The summed E-state index contributed by atoms with van der Waals surface area (Å²) in [6.45, 7) is 0. The lowest BCUT2D eigenvalue weighted by Gasteiger charge is -2.10. The summed E-state index contributed by atoms with van der Waals surface area (Å²) in [5.41, 5.74) is -0.00468. The van der Waals surface area contributed by atoms with Gasteiger partial charge in [0, 0.05) is 35.8 Å². The predicted octanol–water partition coefficient (Wildman–Crippen LogP) is 4.81. The molecule has 3 aromatic rings. The number of pyridine rings is 1. The minimum atomic E-state index is -4.43. The molecule has 10 heteroatoms. The van der Waals surface area contributed by atoms with Crippen LogP contribution in [-0.2, 0) is 15.9 Å². The lowest BCUT2D eigenvalue weighted by atomic mass is 10.1. The van der Waals surface area contributed by atoms with Crippen LogP contribution >= 0.6 is 0 Å². The number of methoxy groups -OCH3 is 2. The van der Waals surface area contributed by atoms with Crippen molar-refractivity contribution in [2.24, 2.45) is 4.36 Å². The maximum absolute atomic E-state index is 13.1. The molecule has 1 amide bonds. The molecule has 176 valence electrons. The van der Waals surface area contributed by atoms with Crippen molar-refractivity contribution in [2.45, 2.75) is 11.1 Å². The van der Waals surface area contributed by atoms with Gasteiger partial charge in [0.15, 0.2) is 11.5 Å². The zero-order valence-electron chi connectivity index (χ0n) is 18.3. The Morgan fingerprint density at radius 2 is 1.59 bits per heavy atom. The molecule has 0 aliphatic heterocycles. The summed E-state index contributed by atoms with van der Waals surface area (Å²) < 4.78 is 65.4. The molecule has 1 heterocycles. The van der Waals surface area contributed by atoms with Crippen LogP contribution in [0.5, 0.6) is 11.5 Å². The lowest BCUT2D eigenvalue weighted by molar-refractivity contribution is -0.137. The van der Waals surface area contributed by atoms with Crippen molar-refractivity contribution in [3.05, 3.63) is 83.2 Å². The van der Waals surface area contributed by atoms with Crippen molar-refractivity contribution in [1.29, 1.82) is 0 Å². The molecule has 1 unspecified atom stereocenters. The van der Waals surface area contributed by atoms with Gasteiger partial charge in [-0.25, -0.2) is 4.21 Å². The van der Waals surface area contributed by atoms with Crippen LogP contribution in [0.3, 0.4) is 0 Å². The number of carbonyl (C=O) groups excluding carboxylic acids is 1. The van der Waals surface area contributed by atoms with Crippen LogP contribution in [0.25, 0.3) is 0 Å². The molecular formula is C24H19F3N2O4S. The van der Waals surface area contributed by atoms with Crippen molar-refractivity contribution in [2.75, 3.05) is 20.5 Å². The number of amides is 1. The lowest BCUT2D eigenvalue weighted by Crippen LogP contribution is -2.05. The Bertz CT molecular complexity index is 1400. The van der Waals surface area contributed by atoms with Crippen molar-refractivity contribution in [3.8, 4) is 23.3 Å². The van der Waals surface area contributed by atoms with Gasteiger partial charge >= 0.3 is 6.18 Å². The van der Waals surface area contributed by atoms with Crippen molar-refractivity contribution in [1.82, 2.24) is 4.98 Å². The normalized spacial score (nSPS) is 12.6. The molecule has 1 atom stereocenters. The van der Waals surface area contributed by atoms with Gasteiger partial charge in [0.05, 0.1) is 40.0 Å². The summed E-state index contributed by atoms with van der Waals surface area (Å²) in [5, 5.41) is 0. The highest BCUT2D eigenvalue weighted by Crippen LogP contribution is 2.30. The smallest absolute Gasteiger partial charge is 0.416 e. The highest BCUT2D eigenvalue weighted by molar-refractivity contribution is 7.93. The van der Waals surface area contributed by atoms with E-state index in [0.29, 0.717) is 22.6 Å². The van der Waals surface area contributed by atoms with Gasteiger partial charge in [-0.2, -0.15) is 17.5 Å². The second-order valence-electron chi connectivity index (χ2n) is 7.00. The minimum absolute atomic E-state index is 0.0641. The molecule has 0 aliphatic carbocycles. The average Bonchev–Trinajstić information content (AvgIpc) is 2.81. The monoisotopic (exact) mass is 488 g/mol. The average molecular weight is 488 g/mol. The summed E-state index contributed by atoms with van der Waals surface area (Å²) in [5.74, 6) is 5.50. The van der Waals surface area contributed by atoms with E-state index in [2.05, 4.69) is 21.2 Å². The number of halogens is 3. The number of aromatic nitrogens is 1. The van der Waals surface area contributed by atoms with E-state index in [1.54, 1.807) is 6.07 Å². The molecule has 0 saturated carbocycles. The molecule has 0 fully saturated rings. The number of alkyl halides is 3. The Kier molecular flexibility index (Phi) is 7.27. The SMILES string of the molecule is COc1ccc(S(C)(=O)=NC(=O)c2cncc(C#Cc3ccc(C(F)(F)F)cc3)c2)cc1OC. The van der Waals surface area contributed by atoms with Gasteiger partial charge in [-0.3, -0.25) is 9.78 Å². The first-order valence-corrected chi connectivity index (χ1v) is 11.6. The molecular weight excluding hydrogens is 469 g/mol. The summed E-state index contributed by atoms with van der Waals surface area (Å²) in [6.07, 6.45) is -0.443. The maximum Gasteiger partial charge on any atom is 0.416 e. The summed E-state index contributed by atoms with van der Waals surface area (Å²) in [7, 11) is -0.213. The standard InChI is InChI=1S/C24H19F3N2O4S/c1-32-21-11-10-20(13-22(21)33-2)34(3,31)29-23(30)18-12-17(14-28-15-18)5-4-16-6-8-19(9-7-16)24(25,26)27/h6-15H,1-3H3. The molecule has 1 aromatic heterocycles. The summed E-state index contributed by atoms with van der Waals surface area (Å²) in [4.78, 5) is 16.9. The number of carbonyl (C=O) groups is 1. The van der Waals surface area contributed by atoms with Crippen LogP contribution in [0.4, 0.5) is 13.2 Å². The van der Waals surface area contributed by atoms with Crippen LogP contribution in [-0.4, -0.2) is 35.6 Å². The second-order valence-corrected chi connectivity index (χ2v) is 9.26. The molecule has 0 radical (unpaired) electrons. The first-order valence-electron chi connectivity index (χ1n) is 9.66. The largest absolute Gasteiger partial charge is 0.493 e. The zero-order chi connectivity index (χ0) is 24.9. The number of hydrogen-bond acceptors (Lipinski definition) is 5.